The van der Waals surface area contributed by atoms with E-state index in [1.807, 2.05) is 36.4 Å². The number of halogens is 2. The smallest absolute Gasteiger partial charge is 0.264 e. The van der Waals surface area contributed by atoms with Crippen molar-refractivity contribution in [2.24, 2.45) is 0 Å². The Labute approximate surface area is 274 Å². The van der Waals surface area contributed by atoms with Crippen LogP contribution in [0.15, 0.2) is 114 Å². The minimum absolute atomic E-state index is 0.00787. The number of benzene rings is 4. The molecule has 1 aliphatic carbocycles. The molecule has 0 radical (unpaired) electrons. The van der Waals surface area contributed by atoms with E-state index < -0.39 is 28.5 Å². The van der Waals surface area contributed by atoms with Gasteiger partial charge in [0.15, 0.2) is 0 Å². The van der Waals surface area contributed by atoms with Crippen LogP contribution in [0.25, 0.3) is 0 Å². The van der Waals surface area contributed by atoms with Gasteiger partial charge in [0.05, 0.1) is 10.6 Å². The molecule has 1 atom stereocenters. The number of nitrogens with one attached hydrogen (secondary N) is 1. The van der Waals surface area contributed by atoms with Crippen molar-refractivity contribution < 1.29 is 18.0 Å². The van der Waals surface area contributed by atoms with Crippen molar-refractivity contribution >= 4 is 50.7 Å². The van der Waals surface area contributed by atoms with Gasteiger partial charge in [0, 0.05) is 29.1 Å². The fourth-order valence-corrected chi connectivity index (χ4v) is 7.34. The highest BCUT2D eigenvalue weighted by Crippen LogP contribution is 2.27. The lowest BCUT2D eigenvalue weighted by molar-refractivity contribution is -0.140. The Kier molecular flexibility index (Phi) is 10.8. The standard InChI is InChI=1S/C35H35Cl2N3O4S/c36-28-19-21-30(22-20-28)40(45(43,44)31-16-5-2-6-17-31)25-34(41)39(24-27-13-7-10-18-32(27)37)33(23-26-11-3-1-4-12-26)35(42)38-29-14-8-9-15-29/h1-7,10-13,16-22,29,33H,8-9,14-15,23-25H2,(H,38,42). The maximum Gasteiger partial charge on any atom is 0.264 e. The highest BCUT2D eigenvalue weighted by molar-refractivity contribution is 7.92. The van der Waals surface area contributed by atoms with Crippen molar-refractivity contribution in [2.45, 2.75) is 55.6 Å². The Balaban J connectivity index is 1.56. The fourth-order valence-electron chi connectivity index (χ4n) is 5.59. The van der Waals surface area contributed by atoms with Gasteiger partial charge in [0.25, 0.3) is 10.0 Å². The monoisotopic (exact) mass is 663 g/mol. The summed E-state index contributed by atoms with van der Waals surface area (Å²) >= 11 is 12.7. The fraction of sp³-hybridized carbons (Fsp3) is 0.257. The van der Waals surface area contributed by atoms with Crippen molar-refractivity contribution in [1.82, 2.24) is 10.2 Å². The van der Waals surface area contributed by atoms with Crippen LogP contribution in [-0.2, 0) is 32.6 Å². The Bertz CT molecular complexity index is 1700. The minimum atomic E-state index is -4.18. The molecule has 1 unspecified atom stereocenters. The number of amides is 2. The van der Waals surface area contributed by atoms with Gasteiger partial charge in [-0.25, -0.2) is 8.42 Å². The van der Waals surface area contributed by atoms with Gasteiger partial charge in [-0.15, -0.1) is 0 Å². The summed E-state index contributed by atoms with van der Waals surface area (Å²) in [6.45, 7) is -0.542. The van der Waals surface area contributed by atoms with Crippen molar-refractivity contribution in [3.8, 4) is 0 Å². The molecule has 0 aromatic heterocycles. The molecule has 234 valence electrons. The van der Waals surface area contributed by atoms with Crippen LogP contribution < -0.4 is 9.62 Å². The lowest BCUT2D eigenvalue weighted by Gasteiger charge is -2.34. The number of sulfonamides is 1. The molecule has 0 saturated heterocycles. The van der Waals surface area contributed by atoms with Crippen LogP contribution in [0.4, 0.5) is 5.69 Å². The first-order valence-corrected chi connectivity index (χ1v) is 17.1. The molecule has 5 rings (SSSR count). The van der Waals surface area contributed by atoms with Gasteiger partial charge in [-0.2, -0.15) is 0 Å². The third kappa shape index (κ3) is 8.25. The van der Waals surface area contributed by atoms with E-state index in [0.29, 0.717) is 15.6 Å². The highest BCUT2D eigenvalue weighted by Gasteiger charge is 2.35. The second-order valence-electron chi connectivity index (χ2n) is 11.1. The van der Waals surface area contributed by atoms with Gasteiger partial charge in [-0.3, -0.25) is 13.9 Å². The highest BCUT2D eigenvalue weighted by atomic mass is 35.5. The van der Waals surface area contributed by atoms with E-state index in [-0.39, 0.29) is 35.5 Å². The zero-order valence-corrected chi connectivity index (χ0v) is 27.0. The van der Waals surface area contributed by atoms with E-state index in [1.165, 1.54) is 17.0 Å². The molecule has 2 amide bonds. The van der Waals surface area contributed by atoms with Crippen molar-refractivity contribution in [2.75, 3.05) is 10.8 Å². The van der Waals surface area contributed by atoms with Crippen molar-refractivity contribution in [3.63, 3.8) is 0 Å². The first-order valence-electron chi connectivity index (χ1n) is 14.9. The molecule has 1 saturated carbocycles. The van der Waals surface area contributed by atoms with Crippen LogP contribution in [0.1, 0.15) is 36.8 Å². The molecule has 0 heterocycles. The van der Waals surface area contributed by atoms with Gasteiger partial charge in [0.2, 0.25) is 11.8 Å². The van der Waals surface area contributed by atoms with E-state index in [9.17, 15) is 18.0 Å². The number of hydrogen-bond acceptors (Lipinski definition) is 4. The molecule has 45 heavy (non-hydrogen) atoms. The van der Waals surface area contributed by atoms with Crippen LogP contribution in [0, 0.1) is 0 Å². The van der Waals surface area contributed by atoms with E-state index >= 15 is 0 Å². The SMILES string of the molecule is O=C(NC1CCCC1)C(Cc1ccccc1)N(Cc1ccccc1Cl)C(=O)CN(c1ccc(Cl)cc1)S(=O)(=O)c1ccccc1. The normalized spacial score (nSPS) is 14.1. The van der Waals surface area contributed by atoms with Crippen LogP contribution in [0.5, 0.6) is 0 Å². The molecule has 1 fully saturated rings. The van der Waals surface area contributed by atoms with Crippen molar-refractivity contribution in [3.05, 3.63) is 130 Å². The van der Waals surface area contributed by atoms with Crippen LogP contribution in [-0.4, -0.2) is 43.8 Å². The molecule has 0 spiro atoms. The van der Waals surface area contributed by atoms with Crippen LogP contribution in [0.2, 0.25) is 10.0 Å². The number of nitrogens with zero attached hydrogens (tertiary/aromatic N) is 2. The van der Waals surface area contributed by atoms with Crippen LogP contribution >= 0.6 is 23.2 Å². The summed E-state index contributed by atoms with van der Waals surface area (Å²) in [5.41, 5.74) is 1.78. The van der Waals surface area contributed by atoms with Gasteiger partial charge < -0.3 is 10.2 Å². The Hall–Kier alpha value is -3.85. The zero-order valence-electron chi connectivity index (χ0n) is 24.7. The summed E-state index contributed by atoms with van der Waals surface area (Å²) in [5, 5.41) is 4.04. The largest absolute Gasteiger partial charge is 0.352 e. The van der Waals surface area contributed by atoms with Gasteiger partial charge in [-0.1, -0.05) is 103 Å². The Morgan fingerprint density at radius 1 is 0.800 bits per heavy atom. The average Bonchev–Trinajstić information content (AvgIpc) is 3.56. The molecule has 1 aliphatic rings. The number of hydrogen-bond donors (Lipinski definition) is 1. The zero-order chi connectivity index (χ0) is 31.8. The van der Waals surface area contributed by atoms with Crippen LogP contribution in [0.3, 0.4) is 0 Å². The average molecular weight is 665 g/mol. The van der Waals surface area contributed by atoms with Gasteiger partial charge in [0.1, 0.15) is 12.6 Å². The molecule has 10 heteroatoms. The summed E-state index contributed by atoms with van der Waals surface area (Å²) in [6, 6.07) is 29.9. The summed E-state index contributed by atoms with van der Waals surface area (Å²) in [5.74, 6) is -0.831. The lowest BCUT2D eigenvalue weighted by atomic mass is 10.0. The minimum Gasteiger partial charge on any atom is -0.352 e. The number of carbonyl (C=O) groups excluding carboxylic acids is 2. The lowest BCUT2D eigenvalue weighted by Crippen LogP contribution is -2.54. The van der Waals surface area contributed by atoms with E-state index in [4.69, 9.17) is 23.2 Å². The second kappa shape index (κ2) is 15.0. The molecule has 4 aromatic carbocycles. The third-order valence-electron chi connectivity index (χ3n) is 8.00. The number of rotatable bonds is 12. The van der Waals surface area contributed by atoms with Gasteiger partial charge in [-0.05, 0) is 66.4 Å². The molecular formula is C35H35Cl2N3O4S. The third-order valence-corrected chi connectivity index (χ3v) is 10.4. The number of anilines is 1. The Morgan fingerprint density at radius 3 is 2.04 bits per heavy atom. The predicted octanol–water partition coefficient (Wildman–Crippen LogP) is 6.89. The molecule has 7 nitrogen and oxygen atoms in total. The summed E-state index contributed by atoms with van der Waals surface area (Å²) in [7, 11) is -4.18. The molecule has 0 bridgehead atoms. The Morgan fingerprint density at radius 2 is 1.40 bits per heavy atom. The maximum absolute atomic E-state index is 14.5. The summed E-state index contributed by atoms with van der Waals surface area (Å²) < 4.78 is 29.1. The van der Waals surface area contributed by atoms with E-state index in [1.54, 1.807) is 60.7 Å². The molecular weight excluding hydrogens is 629 g/mol. The second-order valence-corrected chi connectivity index (χ2v) is 13.8. The maximum atomic E-state index is 14.5. The topological polar surface area (TPSA) is 86.8 Å². The van der Waals surface area contributed by atoms with E-state index in [0.717, 1.165) is 35.6 Å². The molecule has 0 aliphatic heterocycles. The summed E-state index contributed by atoms with van der Waals surface area (Å²) in [6.07, 6.45) is 4.06. The number of carbonyl (C=O) groups is 2. The molecule has 4 aromatic rings. The van der Waals surface area contributed by atoms with Crippen molar-refractivity contribution in [1.29, 1.82) is 0 Å². The quantitative estimate of drug-likeness (QED) is 0.179. The summed E-state index contributed by atoms with van der Waals surface area (Å²) in [4.78, 5) is 30.1. The van der Waals surface area contributed by atoms with Gasteiger partial charge >= 0.3 is 0 Å². The van der Waals surface area contributed by atoms with E-state index in [2.05, 4.69) is 5.32 Å². The first-order chi connectivity index (χ1) is 21.7. The first kappa shape index (κ1) is 32.5. The molecule has 1 N–H and O–H groups in total. The predicted molar refractivity (Wildman–Crippen MR) is 179 cm³/mol.